The molecule has 1 unspecified atom stereocenters. The minimum absolute atomic E-state index is 0.148. The van der Waals surface area contributed by atoms with Crippen molar-refractivity contribution >= 4 is 12.0 Å². The van der Waals surface area contributed by atoms with Gasteiger partial charge in [-0.2, -0.15) is 0 Å². The molecule has 0 aromatic heterocycles. The van der Waals surface area contributed by atoms with E-state index >= 15 is 0 Å². The van der Waals surface area contributed by atoms with E-state index in [1.165, 1.54) is 0 Å². The maximum Gasteiger partial charge on any atom is 0.317 e. The van der Waals surface area contributed by atoms with Crippen LogP contribution in [0.2, 0.25) is 0 Å². The topological polar surface area (TPSA) is 69.6 Å². The Morgan fingerprint density at radius 3 is 2.58 bits per heavy atom. The van der Waals surface area contributed by atoms with Crippen LogP contribution in [0.25, 0.3) is 0 Å². The number of carbonyl (C=O) groups excluding carboxylic acids is 1. The molecule has 5 nitrogen and oxygen atoms in total. The summed E-state index contributed by atoms with van der Waals surface area (Å²) in [5.41, 5.74) is -1.06. The first kappa shape index (κ1) is 15.8. The summed E-state index contributed by atoms with van der Waals surface area (Å²) < 4.78 is 0. The lowest BCUT2D eigenvalue weighted by atomic mass is 9.82. The fourth-order valence-corrected chi connectivity index (χ4v) is 2.64. The van der Waals surface area contributed by atoms with Gasteiger partial charge in [-0.1, -0.05) is 13.3 Å². The number of rotatable bonds is 4. The third kappa shape index (κ3) is 4.11. The highest BCUT2D eigenvalue weighted by Gasteiger charge is 2.39. The van der Waals surface area contributed by atoms with Gasteiger partial charge in [0.05, 0.1) is 5.41 Å². The van der Waals surface area contributed by atoms with Crippen molar-refractivity contribution in [3.63, 3.8) is 0 Å². The molecule has 0 radical (unpaired) electrons. The molecule has 110 valence electrons. The van der Waals surface area contributed by atoms with E-state index in [1.54, 1.807) is 11.8 Å². The van der Waals surface area contributed by atoms with E-state index in [9.17, 15) is 14.7 Å². The Morgan fingerprint density at radius 1 is 1.42 bits per heavy atom. The molecular weight excluding hydrogens is 244 g/mol. The van der Waals surface area contributed by atoms with Gasteiger partial charge in [-0.25, -0.2) is 4.79 Å². The summed E-state index contributed by atoms with van der Waals surface area (Å²) in [7, 11) is 0. The van der Waals surface area contributed by atoms with Crippen LogP contribution in [-0.4, -0.2) is 40.6 Å². The van der Waals surface area contributed by atoms with Gasteiger partial charge >= 0.3 is 12.0 Å². The quantitative estimate of drug-likeness (QED) is 0.824. The highest BCUT2D eigenvalue weighted by Crippen LogP contribution is 2.29. The molecule has 0 bridgehead atoms. The minimum Gasteiger partial charge on any atom is -0.481 e. The zero-order valence-corrected chi connectivity index (χ0v) is 12.5. The monoisotopic (exact) mass is 270 g/mol. The molecule has 19 heavy (non-hydrogen) atoms. The maximum absolute atomic E-state index is 12.2. The van der Waals surface area contributed by atoms with Crippen LogP contribution < -0.4 is 5.32 Å². The Bertz CT molecular complexity index is 355. The van der Waals surface area contributed by atoms with Gasteiger partial charge in [0.25, 0.3) is 0 Å². The number of hydrogen-bond acceptors (Lipinski definition) is 2. The Hall–Kier alpha value is -1.26. The zero-order chi connectivity index (χ0) is 14.7. The van der Waals surface area contributed by atoms with E-state index in [0.29, 0.717) is 13.0 Å². The van der Waals surface area contributed by atoms with E-state index in [2.05, 4.69) is 12.2 Å². The summed E-state index contributed by atoms with van der Waals surface area (Å²) >= 11 is 0. The molecule has 2 N–H and O–H groups in total. The third-order valence-electron chi connectivity index (χ3n) is 3.82. The first-order chi connectivity index (χ1) is 8.70. The Labute approximate surface area is 115 Å². The summed E-state index contributed by atoms with van der Waals surface area (Å²) in [6.45, 7) is 8.71. The molecule has 1 heterocycles. The predicted octanol–water partition coefficient (Wildman–Crippen LogP) is 2.46. The van der Waals surface area contributed by atoms with Crippen molar-refractivity contribution < 1.29 is 14.7 Å². The van der Waals surface area contributed by atoms with Gasteiger partial charge in [-0.3, -0.25) is 4.79 Å². The van der Waals surface area contributed by atoms with Gasteiger partial charge in [0.1, 0.15) is 0 Å². The van der Waals surface area contributed by atoms with Crippen molar-refractivity contribution in [3.05, 3.63) is 0 Å². The molecule has 0 saturated carbocycles. The number of carboxylic acid groups (broad SMARTS) is 1. The molecule has 1 aliphatic rings. The van der Waals surface area contributed by atoms with Crippen LogP contribution in [0.1, 0.15) is 53.4 Å². The SMILES string of the molecule is CCCC(C)(C)NC(=O)N1CCCC(C)(C(=O)O)C1. The normalized spacial score (nSPS) is 24.1. The molecule has 2 amide bonds. The second-order valence-electron chi connectivity index (χ2n) is 6.45. The van der Waals surface area contributed by atoms with Crippen molar-refractivity contribution in [1.29, 1.82) is 0 Å². The number of carbonyl (C=O) groups is 2. The maximum atomic E-state index is 12.2. The average molecular weight is 270 g/mol. The van der Waals surface area contributed by atoms with Crippen molar-refractivity contribution in [3.8, 4) is 0 Å². The van der Waals surface area contributed by atoms with E-state index in [1.807, 2.05) is 13.8 Å². The van der Waals surface area contributed by atoms with Crippen LogP contribution in [0.4, 0.5) is 4.79 Å². The smallest absolute Gasteiger partial charge is 0.317 e. The molecule has 1 fully saturated rings. The molecule has 1 rings (SSSR count). The highest BCUT2D eigenvalue weighted by atomic mass is 16.4. The third-order valence-corrected chi connectivity index (χ3v) is 3.82. The Morgan fingerprint density at radius 2 is 2.05 bits per heavy atom. The number of piperidine rings is 1. The molecular formula is C14H26N2O3. The van der Waals surface area contributed by atoms with Crippen LogP contribution >= 0.6 is 0 Å². The second-order valence-corrected chi connectivity index (χ2v) is 6.45. The average Bonchev–Trinajstić information content (AvgIpc) is 2.28. The Kier molecular flexibility index (Phi) is 4.82. The standard InChI is InChI=1S/C14H26N2O3/c1-5-7-13(2,3)15-12(19)16-9-6-8-14(4,10-16)11(17)18/h5-10H2,1-4H3,(H,15,19)(H,17,18). The fraction of sp³-hybridized carbons (Fsp3) is 0.857. The van der Waals surface area contributed by atoms with Gasteiger partial charge in [0.15, 0.2) is 0 Å². The molecule has 5 heteroatoms. The first-order valence-corrected chi connectivity index (χ1v) is 7.01. The molecule has 0 aliphatic carbocycles. The van der Waals surface area contributed by atoms with Gasteiger partial charge in [0, 0.05) is 18.6 Å². The number of urea groups is 1. The molecule has 0 aromatic carbocycles. The molecule has 1 saturated heterocycles. The largest absolute Gasteiger partial charge is 0.481 e. The Balaban J connectivity index is 2.65. The van der Waals surface area contributed by atoms with Gasteiger partial charge in [-0.05, 0) is 40.0 Å². The fourth-order valence-electron chi connectivity index (χ4n) is 2.64. The number of amides is 2. The number of likely N-dealkylation sites (tertiary alicyclic amines) is 1. The highest BCUT2D eigenvalue weighted by molar-refractivity contribution is 5.78. The van der Waals surface area contributed by atoms with Crippen LogP contribution in [0.15, 0.2) is 0 Å². The molecule has 0 aromatic rings. The van der Waals surface area contributed by atoms with Crippen molar-refractivity contribution in [2.75, 3.05) is 13.1 Å². The lowest BCUT2D eigenvalue weighted by Gasteiger charge is -2.39. The van der Waals surface area contributed by atoms with E-state index in [-0.39, 0.29) is 18.1 Å². The molecule has 1 atom stereocenters. The first-order valence-electron chi connectivity index (χ1n) is 7.01. The van der Waals surface area contributed by atoms with Crippen LogP contribution in [-0.2, 0) is 4.79 Å². The van der Waals surface area contributed by atoms with Crippen LogP contribution in [0.3, 0.4) is 0 Å². The summed E-state index contributed by atoms with van der Waals surface area (Å²) in [6, 6.07) is -0.148. The van der Waals surface area contributed by atoms with Crippen LogP contribution in [0.5, 0.6) is 0 Å². The van der Waals surface area contributed by atoms with Gasteiger partial charge < -0.3 is 15.3 Å². The summed E-state index contributed by atoms with van der Waals surface area (Å²) in [5.74, 6) is -0.821. The molecule has 0 spiro atoms. The summed E-state index contributed by atoms with van der Waals surface area (Å²) in [5, 5.41) is 12.3. The summed E-state index contributed by atoms with van der Waals surface area (Å²) in [6.07, 6.45) is 3.28. The van der Waals surface area contributed by atoms with Crippen molar-refractivity contribution in [2.24, 2.45) is 5.41 Å². The van der Waals surface area contributed by atoms with Gasteiger partial charge in [-0.15, -0.1) is 0 Å². The van der Waals surface area contributed by atoms with E-state index in [4.69, 9.17) is 0 Å². The van der Waals surface area contributed by atoms with E-state index in [0.717, 1.165) is 19.3 Å². The second kappa shape index (κ2) is 5.80. The van der Waals surface area contributed by atoms with Gasteiger partial charge in [0.2, 0.25) is 0 Å². The molecule has 1 aliphatic heterocycles. The number of nitrogens with zero attached hydrogens (tertiary/aromatic N) is 1. The van der Waals surface area contributed by atoms with Crippen molar-refractivity contribution in [2.45, 2.75) is 58.9 Å². The lowest BCUT2D eigenvalue weighted by molar-refractivity contribution is -0.150. The lowest BCUT2D eigenvalue weighted by Crippen LogP contribution is -2.55. The zero-order valence-electron chi connectivity index (χ0n) is 12.5. The van der Waals surface area contributed by atoms with Crippen LogP contribution in [0, 0.1) is 5.41 Å². The van der Waals surface area contributed by atoms with Crippen molar-refractivity contribution in [1.82, 2.24) is 10.2 Å². The number of hydrogen-bond donors (Lipinski definition) is 2. The predicted molar refractivity (Wildman–Crippen MR) is 74.1 cm³/mol. The summed E-state index contributed by atoms with van der Waals surface area (Å²) in [4.78, 5) is 25.1. The van der Waals surface area contributed by atoms with E-state index < -0.39 is 11.4 Å². The number of nitrogens with one attached hydrogen (secondary N) is 1. The number of carboxylic acids is 1. The number of aliphatic carboxylic acids is 1. The minimum atomic E-state index is -0.821.